The van der Waals surface area contributed by atoms with Gasteiger partial charge in [0.2, 0.25) is 5.91 Å². The molecule has 4 heteroatoms. The van der Waals surface area contributed by atoms with E-state index in [1.165, 1.54) is 16.8 Å². The number of morpholine rings is 1. The number of benzene rings is 1. The molecule has 0 spiro atoms. The van der Waals surface area contributed by atoms with E-state index < -0.39 is 0 Å². The van der Waals surface area contributed by atoms with E-state index in [0.717, 1.165) is 52.0 Å². The maximum absolute atomic E-state index is 11.9. The normalized spacial score (nSPS) is 20.8. The molecule has 0 radical (unpaired) electrons. The van der Waals surface area contributed by atoms with E-state index in [2.05, 4.69) is 35.3 Å². The van der Waals surface area contributed by atoms with Gasteiger partial charge < -0.3 is 15.0 Å². The zero-order chi connectivity index (χ0) is 15.4. The van der Waals surface area contributed by atoms with Gasteiger partial charge in [-0.15, -0.1) is 0 Å². The third-order valence-electron chi connectivity index (χ3n) is 4.62. The van der Waals surface area contributed by atoms with Crippen LogP contribution in [-0.4, -0.2) is 38.3 Å². The predicted molar refractivity (Wildman–Crippen MR) is 88.3 cm³/mol. The Morgan fingerprint density at radius 1 is 1.27 bits per heavy atom. The maximum Gasteiger partial charge on any atom is 0.220 e. The van der Waals surface area contributed by atoms with Crippen LogP contribution in [0.1, 0.15) is 37.3 Å². The number of fused-ring (bicyclic) bond motifs is 1. The molecular formula is C18H26N2O2. The molecule has 0 saturated carbocycles. The van der Waals surface area contributed by atoms with Gasteiger partial charge in [0.15, 0.2) is 0 Å². The molecule has 1 aromatic carbocycles. The van der Waals surface area contributed by atoms with Crippen molar-refractivity contribution in [3.8, 4) is 0 Å². The molecule has 2 aliphatic rings. The van der Waals surface area contributed by atoms with Crippen molar-refractivity contribution in [2.75, 3.05) is 31.2 Å². The highest BCUT2D eigenvalue weighted by molar-refractivity contribution is 5.76. The number of nitrogens with one attached hydrogen (secondary N) is 1. The Hall–Kier alpha value is -1.55. The Kier molecular flexibility index (Phi) is 4.98. The van der Waals surface area contributed by atoms with Gasteiger partial charge in [-0.1, -0.05) is 19.4 Å². The molecule has 1 aliphatic heterocycles. The lowest BCUT2D eigenvalue weighted by atomic mass is 10.1. The van der Waals surface area contributed by atoms with Crippen molar-refractivity contribution in [3.05, 3.63) is 29.3 Å². The highest BCUT2D eigenvalue weighted by Gasteiger charge is 2.24. The summed E-state index contributed by atoms with van der Waals surface area (Å²) in [7, 11) is 0. The minimum Gasteiger partial charge on any atom is -0.378 e. The topological polar surface area (TPSA) is 41.6 Å². The Bertz CT molecular complexity index is 524. The molecular weight excluding hydrogens is 276 g/mol. The zero-order valence-electron chi connectivity index (χ0n) is 13.4. The molecule has 1 aliphatic carbocycles. The highest BCUT2D eigenvalue weighted by Crippen LogP contribution is 2.27. The SMILES string of the molecule is CCCCC(=O)NC1Cc2ccc(N3CCOCC3)cc2C1. The summed E-state index contributed by atoms with van der Waals surface area (Å²) in [6.45, 7) is 5.68. The molecule has 120 valence electrons. The number of rotatable bonds is 5. The first-order valence-corrected chi connectivity index (χ1v) is 8.50. The monoisotopic (exact) mass is 302 g/mol. The predicted octanol–water partition coefficient (Wildman–Crippen LogP) is 2.30. The molecule has 3 rings (SSSR count). The second-order valence-corrected chi connectivity index (χ2v) is 6.33. The molecule has 1 heterocycles. The van der Waals surface area contributed by atoms with Crippen LogP contribution in [0.15, 0.2) is 18.2 Å². The van der Waals surface area contributed by atoms with E-state index in [9.17, 15) is 4.79 Å². The van der Waals surface area contributed by atoms with Gasteiger partial charge in [-0.25, -0.2) is 0 Å². The summed E-state index contributed by atoms with van der Waals surface area (Å²) in [6.07, 6.45) is 4.64. The standard InChI is InChI=1S/C18H26N2O2/c1-2-3-4-18(21)19-16-11-14-5-6-17(13-15(14)12-16)20-7-9-22-10-8-20/h5-6,13,16H,2-4,7-12H2,1H3,(H,19,21). The van der Waals surface area contributed by atoms with Crippen LogP contribution in [0.4, 0.5) is 5.69 Å². The van der Waals surface area contributed by atoms with Crippen molar-refractivity contribution in [1.29, 1.82) is 0 Å². The number of ether oxygens (including phenoxy) is 1. The maximum atomic E-state index is 11.9. The number of amides is 1. The average Bonchev–Trinajstić information content (AvgIpc) is 2.95. The lowest BCUT2D eigenvalue weighted by molar-refractivity contribution is -0.121. The Morgan fingerprint density at radius 2 is 2.05 bits per heavy atom. The summed E-state index contributed by atoms with van der Waals surface area (Å²) in [4.78, 5) is 14.3. The Morgan fingerprint density at radius 3 is 2.82 bits per heavy atom. The first-order valence-electron chi connectivity index (χ1n) is 8.50. The first-order chi connectivity index (χ1) is 10.8. The summed E-state index contributed by atoms with van der Waals surface area (Å²) in [5.74, 6) is 0.202. The molecule has 1 atom stereocenters. The summed E-state index contributed by atoms with van der Waals surface area (Å²) < 4.78 is 5.42. The fraction of sp³-hybridized carbons (Fsp3) is 0.611. The molecule has 0 bridgehead atoms. The van der Waals surface area contributed by atoms with Gasteiger partial charge in [-0.3, -0.25) is 4.79 Å². The number of unbranched alkanes of at least 4 members (excludes halogenated alkanes) is 1. The van der Waals surface area contributed by atoms with E-state index >= 15 is 0 Å². The molecule has 1 fully saturated rings. The largest absolute Gasteiger partial charge is 0.378 e. The van der Waals surface area contributed by atoms with Gasteiger partial charge in [-0.05, 0) is 42.5 Å². The second kappa shape index (κ2) is 7.14. The second-order valence-electron chi connectivity index (χ2n) is 6.33. The third kappa shape index (κ3) is 3.61. The van der Waals surface area contributed by atoms with Crippen LogP contribution in [0, 0.1) is 0 Å². The Labute approximate surface area is 132 Å². The van der Waals surface area contributed by atoms with Crippen LogP contribution in [0.2, 0.25) is 0 Å². The van der Waals surface area contributed by atoms with Crippen LogP contribution in [0.5, 0.6) is 0 Å². The van der Waals surface area contributed by atoms with Crippen molar-refractivity contribution in [2.45, 2.75) is 45.1 Å². The summed E-state index contributed by atoms with van der Waals surface area (Å²) in [5.41, 5.74) is 4.07. The quantitative estimate of drug-likeness (QED) is 0.907. The minimum absolute atomic E-state index is 0.202. The number of carbonyl (C=O) groups is 1. The van der Waals surface area contributed by atoms with Gasteiger partial charge in [0.1, 0.15) is 0 Å². The van der Waals surface area contributed by atoms with Gasteiger partial charge in [0.25, 0.3) is 0 Å². The molecule has 1 aromatic rings. The summed E-state index contributed by atoms with van der Waals surface area (Å²) >= 11 is 0. The summed E-state index contributed by atoms with van der Waals surface area (Å²) in [6, 6.07) is 7.03. The van der Waals surface area contributed by atoms with Crippen molar-refractivity contribution >= 4 is 11.6 Å². The number of nitrogens with zero attached hydrogens (tertiary/aromatic N) is 1. The van der Waals surface area contributed by atoms with Crippen molar-refractivity contribution < 1.29 is 9.53 Å². The first kappa shape index (κ1) is 15.3. The lowest BCUT2D eigenvalue weighted by Gasteiger charge is -2.29. The van der Waals surface area contributed by atoms with Crippen LogP contribution in [-0.2, 0) is 22.4 Å². The van der Waals surface area contributed by atoms with E-state index in [4.69, 9.17) is 4.74 Å². The highest BCUT2D eigenvalue weighted by atomic mass is 16.5. The number of hydrogen-bond donors (Lipinski definition) is 1. The molecule has 1 unspecified atom stereocenters. The molecule has 22 heavy (non-hydrogen) atoms. The van der Waals surface area contributed by atoms with E-state index in [-0.39, 0.29) is 11.9 Å². The van der Waals surface area contributed by atoms with Gasteiger partial charge in [0, 0.05) is 31.2 Å². The van der Waals surface area contributed by atoms with Crippen LogP contribution in [0.3, 0.4) is 0 Å². The van der Waals surface area contributed by atoms with E-state index in [1.54, 1.807) is 0 Å². The molecule has 0 aromatic heterocycles. The molecule has 1 saturated heterocycles. The third-order valence-corrected chi connectivity index (χ3v) is 4.62. The van der Waals surface area contributed by atoms with Gasteiger partial charge in [-0.2, -0.15) is 0 Å². The minimum atomic E-state index is 0.202. The van der Waals surface area contributed by atoms with E-state index in [0.29, 0.717) is 6.42 Å². The molecule has 4 nitrogen and oxygen atoms in total. The van der Waals surface area contributed by atoms with Crippen molar-refractivity contribution in [3.63, 3.8) is 0 Å². The fourth-order valence-electron chi connectivity index (χ4n) is 3.36. The smallest absolute Gasteiger partial charge is 0.220 e. The van der Waals surface area contributed by atoms with Crippen molar-refractivity contribution in [2.24, 2.45) is 0 Å². The average molecular weight is 302 g/mol. The zero-order valence-corrected chi connectivity index (χ0v) is 13.4. The van der Waals surface area contributed by atoms with Crippen molar-refractivity contribution in [1.82, 2.24) is 5.32 Å². The van der Waals surface area contributed by atoms with E-state index in [1.807, 2.05) is 0 Å². The van der Waals surface area contributed by atoms with Crippen LogP contribution in [0.25, 0.3) is 0 Å². The van der Waals surface area contributed by atoms with Crippen LogP contribution < -0.4 is 10.2 Å². The molecule has 1 N–H and O–H groups in total. The number of carbonyl (C=O) groups excluding carboxylic acids is 1. The van der Waals surface area contributed by atoms with Crippen LogP contribution >= 0.6 is 0 Å². The number of anilines is 1. The lowest BCUT2D eigenvalue weighted by Crippen LogP contribution is -2.36. The fourth-order valence-corrected chi connectivity index (χ4v) is 3.36. The number of hydrogen-bond acceptors (Lipinski definition) is 3. The molecule has 1 amide bonds. The van der Waals surface area contributed by atoms with Gasteiger partial charge >= 0.3 is 0 Å². The summed E-state index contributed by atoms with van der Waals surface area (Å²) in [5, 5.41) is 3.19. The van der Waals surface area contributed by atoms with Gasteiger partial charge in [0.05, 0.1) is 13.2 Å². The Balaban J connectivity index is 1.60.